The van der Waals surface area contributed by atoms with Gasteiger partial charge in [0.15, 0.2) is 16.7 Å². The lowest BCUT2D eigenvalue weighted by molar-refractivity contribution is -0.121. The predicted octanol–water partition coefficient (Wildman–Crippen LogP) is 6.49. The Balaban J connectivity index is 1.33. The van der Waals surface area contributed by atoms with Crippen molar-refractivity contribution in [3.05, 3.63) is 84.4 Å². The molecule has 3 aromatic carbocycles. The highest BCUT2D eigenvalue weighted by Gasteiger charge is 2.19. The molecule has 0 unspecified atom stereocenters. The van der Waals surface area contributed by atoms with E-state index in [4.69, 9.17) is 14.5 Å². The maximum atomic E-state index is 12.4. The second kappa shape index (κ2) is 13.7. The van der Waals surface area contributed by atoms with Gasteiger partial charge in [-0.05, 0) is 37.5 Å². The van der Waals surface area contributed by atoms with Crippen LogP contribution in [0.5, 0.6) is 11.5 Å². The Kier molecular flexibility index (Phi) is 9.87. The Morgan fingerprint density at radius 3 is 2.26 bits per heavy atom. The number of nitrogens with one attached hydrogen (secondary N) is 1. The van der Waals surface area contributed by atoms with Crippen LogP contribution < -0.4 is 14.8 Å². The fourth-order valence-corrected chi connectivity index (χ4v) is 5.39. The van der Waals surface area contributed by atoms with Crippen molar-refractivity contribution < 1.29 is 14.3 Å². The minimum absolute atomic E-state index is 0.0693. The van der Waals surface area contributed by atoms with Crippen molar-refractivity contribution in [1.29, 1.82) is 0 Å². The van der Waals surface area contributed by atoms with Crippen LogP contribution in [0.4, 0.5) is 0 Å². The van der Waals surface area contributed by atoms with Crippen molar-refractivity contribution in [2.75, 3.05) is 26.5 Å². The van der Waals surface area contributed by atoms with Gasteiger partial charge in [-0.25, -0.2) is 4.98 Å². The number of thioether (sulfide) groups is 1. The molecule has 0 aliphatic heterocycles. The summed E-state index contributed by atoms with van der Waals surface area (Å²) in [5.41, 5.74) is 5.48. The van der Waals surface area contributed by atoms with Crippen LogP contribution in [0.3, 0.4) is 0 Å². The van der Waals surface area contributed by atoms with Gasteiger partial charge < -0.3 is 19.4 Å². The minimum Gasteiger partial charge on any atom is -0.493 e. The van der Waals surface area contributed by atoms with E-state index in [-0.39, 0.29) is 5.91 Å². The molecule has 6 nitrogen and oxygen atoms in total. The number of carbonyl (C=O) groups excluding carboxylic acids is 1. The summed E-state index contributed by atoms with van der Waals surface area (Å²) in [5.74, 6) is 2.29. The predicted molar refractivity (Wildman–Crippen MR) is 155 cm³/mol. The monoisotopic (exact) mass is 529 g/mol. The van der Waals surface area contributed by atoms with Crippen LogP contribution in [-0.4, -0.2) is 42.0 Å². The van der Waals surface area contributed by atoms with Gasteiger partial charge in [0.05, 0.1) is 25.6 Å². The molecule has 1 amide bonds. The molecule has 4 aromatic rings. The standard InChI is InChI=1S/C31H35N3O3S/c1-4-34-30(25-14-9-6-10-15-25)29(24-12-7-5-8-13-24)33-31(34)38-21-11-16-28(35)32-20-19-23-17-18-26(36-2)27(22-23)37-3/h5-10,12-15,17-18,22H,4,11,16,19-21H2,1-3H3,(H,32,35). The van der Waals surface area contributed by atoms with E-state index in [9.17, 15) is 4.79 Å². The number of hydrogen-bond acceptors (Lipinski definition) is 5. The van der Waals surface area contributed by atoms with Gasteiger partial charge in [0.25, 0.3) is 0 Å². The number of nitrogens with zero attached hydrogens (tertiary/aromatic N) is 2. The van der Waals surface area contributed by atoms with Crippen molar-refractivity contribution >= 4 is 17.7 Å². The number of imidazole rings is 1. The lowest BCUT2D eigenvalue weighted by Gasteiger charge is -2.11. The number of methoxy groups -OCH3 is 2. The maximum absolute atomic E-state index is 12.4. The summed E-state index contributed by atoms with van der Waals surface area (Å²) in [6.07, 6.45) is 2.01. The molecule has 0 aliphatic rings. The fourth-order valence-electron chi connectivity index (χ4n) is 4.39. The van der Waals surface area contributed by atoms with Gasteiger partial charge >= 0.3 is 0 Å². The van der Waals surface area contributed by atoms with Crippen LogP contribution in [0.1, 0.15) is 25.3 Å². The number of hydrogen-bond donors (Lipinski definition) is 1. The number of ether oxygens (including phenoxy) is 2. The minimum atomic E-state index is 0.0693. The Morgan fingerprint density at radius 1 is 0.921 bits per heavy atom. The molecule has 1 aromatic heterocycles. The van der Waals surface area contributed by atoms with E-state index in [1.165, 1.54) is 0 Å². The highest BCUT2D eigenvalue weighted by atomic mass is 32.2. The molecule has 0 radical (unpaired) electrons. The molecule has 0 fully saturated rings. The van der Waals surface area contributed by atoms with Gasteiger partial charge in [-0.15, -0.1) is 0 Å². The van der Waals surface area contributed by atoms with Crippen molar-refractivity contribution in [2.24, 2.45) is 0 Å². The summed E-state index contributed by atoms with van der Waals surface area (Å²) >= 11 is 1.71. The first-order valence-electron chi connectivity index (χ1n) is 13.0. The van der Waals surface area contributed by atoms with Crippen molar-refractivity contribution in [1.82, 2.24) is 14.9 Å². The molecule has 0 atom stereocenters. The molecule has 0 spiro atoms. The van der Waals surface area contributed by atoms with Gasteiger partial charge in [0, 0.05) is 36.4 Å². The van der Waals surface area contributed by atoms with Crippen LogP contribution in [0, 0.1) is 0 Å². The third-order valence-corrected chi connectivity index (χ3v) is 7.37. The van der Waals surface area contributed by atoms with E-state index in [1.54, 1.807) is 26.0 Å². The topological polar surface area (TPSA) is 65.4 Å². The molecule has 0 saturated heterocycles. The summed E-state index contributed by atoms with van der Waals surface area (Å²) in [6, 6.07) is 26.6. The Hall–Kier alpha value is -3.71. The lowest BCUT2D eigenvalue weighted by atomic mass is 10.0. The summed E-state index contributed by atoms with van der Waals surface area (Å²) in [5, 5.41) is 4.02. The fraction of sp³-hybridized carbons (Fsp3) is 0.290. The number of aromatic nitrogens is 2. The summed E-state index contributed by atoms with van der Waals surface area (Å²) in [6.45, 7) is 3.56. The molecular weight excluding hydrogens is 494 g/mol. The van der Waals surface area contributed by atoms with Crippen LogP contribution in [0.25, 0.3) is 22.5 Å². The quantitative estimate of drug-likeness (QED) is 0.159. The van der Waals surface area contributed by atoms with Gasteiger partial charge in [0.1, 0.15) is 0 Å². The van der Waals surface area contributed by atoms with Crippen molar-refractivity contribution in [3.63, 3.8) is 0 Å². The highest BCUT2D eigenvalue weighted by Crippen LogP contribution is 2.36. The van der Waals surface area contributed by atoms with Crippen LogP contribution in [-0.2, 0) is 17.8 Å². The highest BCUT2D eigenvalue weighted by molar-refractivity contribution is 7.99. The van der Waals surface area contributed by atoms with E-state index in [0.29, 0.717) is 24.5 Å². The van der Waals surface area contributed by atoms with Crippen LogP contribution >= 0.6 is 11.8 Å². The van der Waals surface area contributed by atoms with Gasteiger partial charge in [-0.3, -0.25) is 4.79 Å². The van der Waals surface area contributed by atoms with Gasteiger partial charge in [-0.2, -0.15) is 0 Å². The van der Waals surface area contributed by atoms with E-state index in [1.807, 2.05) is 42.5 Å². The molecule has 198 valence electrons. The molecule has 1 heterocycles. The zero-order valence-corrected chi connectivity index (χ0v) is 23.1. The average molecular weight is 530 g/mol. The normalized spacial score (nSPS) is 10.8. The number of benzene rings is 3. The third kappa shape index (κ3) is 6.78. The number of carbonyl (C=O) groups is 1. The van der Waals surface area contributed by atoms with E-state index < -0.39 is 0 Å². The van der Waals surface area contributed by atoms with Crippen molar-refractivity contribution in [3.8, 4) is 34.0 Å². The van der Waals surface area contributed by atoms with Crippen LogP contribution in [0.15, 0.2) is 84.0 Å². The van der Waals surface area contributed by atoms with E-state index in [2.05, 4.69) is 53.2 Å². The van der Waals surface area contributed by atoms with Crippen LogP contribution in [0.2, 0.25) is 0 Å². The Bertz CT molecular complexity index is 1320. The zero-order valence-electron chi connectivity index (χ0n) is 22.3. The summed E-state index contributed by atoms with van der Waals surface area (Å²) in [7, 11) is 3.25. The molecular formula is C31H35N3O3S. The summed E-state index contributed by atoms with van der Waals surface area (Å²) in [4.78, 5) is 17.5. The van der Waals surface area contributed by atoms with E-state index in [0.717, 1.165) is 58.4 Å². The van der Waals surface area contributed by atoms with Gasteiger partial charge in [-0.1, -0.05) is 78.5 Å². The molecule has 1 N–H and O–H groups in total. The molecule has 4 rings (SSSR count). The second-order valence-electron chi connectivity index (χ2n) is 8.81. The first-order chi connectivity index (χ1) is 18.6. The molecule has 0 saturated carbocycles. The van der Waals surface area contributed by atoms with Crippen molar-refractivity contribution in [2.45, 2.75) is 37.9 Å². The van der Waals surface area contributed by atoms with Gasteiger partial charge in [0.2, 0.25) is 5.91 Å². The third-order valence-electron chi connectivity index (χ3n) is 6.31. The summed E-state index contributed by atoms with van der Waals surface area (Å²) < 4.78 is 12.9. The number of rotatable bonds is 13. The molecule has 38 heavy (non-hydrogen) atoms. The lowest BCUT2D eigenvalue weighted by Crippen LogP contribution is -2.25. The first-order valence-corrected chi connectivity index (χ1v) is 13.9. The molecule has 7 heteroatoms. The Labute approximate surface area is 229 Å². The maximum Gasteiger partial charge on any atom is 0.220 e. The molecule has 0 aliphatic carbocycles. The second-order valence-corrected chi connectivity index (χ2v) is 9.87. The number of amides is 1. The first kappa shape index (κ1) is 27.3. The smallest absolute Gasteiger partial charge is 0.220 e. The molecule has 0 bridgehead atoms. The average Bonchev–Trinajstić information content (AvgIpc) is 3.34. The zero-order chi connectivity index (χ0) is 26.7. The Morgan fingerprint density at radius 2 is 1.61 bits per heavy atom. The largest absolute Gasteiger partial charge is 0.493 e. The van der Waals surface area contributed by atoms with E-state index >= 15 is 0 Å². The SMILES string of the molecule is CCn1c(SCCCC(=O)NCCc2ccc(OC)c(OC)c2)nc(-c2ccccc2)c1-c1ccccc1.